The maximum Gasteiger partial charge on any atom is 0.295 e. The first kappa shape index (κ1) is 16.7. The lowest BCUT2D eigenvalue weighted by molar-refractivity contribution is -0.384. The lowest BCUT2D eigenvalue weighted by Crippen LogP contribution is -2.44. The van der Waals surface area contributed by atoms with Gasteiger partial charge in [0.15, 0.2) is 0 Å². The van der Waals surface area contributed by atoms with Gasteiger partial charge in [-0.3, -0.25) is 15.0 Å². The van der Waals surface area contributed by atoms with E-state index in [1.165, 1.54) is 0 Å². The molecule has 7 nitrogen and oxygen atoms in total. The van der Waals surface area contributed by atoms with Crippen LogP contribution in [0.25, 0.3) is 0 Å². The number of β-amino-alcohol motifs (C(OH)–C–C–N with tert-alkyl or cyclic N) is 1. The predicted octanol–water partition coefficient (Wildman–Crippen LogP) is 1.03. The molecule has 1 heterocycles. The number of rotatable bonds is 6. The number of hydrogen-bond acceptors (Lipinski definition) is 6. The van der Waals surface area contributed by atoms with E-state index in [9.17, 15) is 15.2 Å². The lowest BCUT2D eigenvalue weighted by atomic mass is 10.1. The Bertz CT molecular complexity index is 518. The van der Waals surface area contributed by atoms with Crippen LogP contribution in [0.1, 0.15) is 5.56 Å². The number of nitrogens with zero attached hydrogens (tertiary/aromatic N) is 3. The molecule has 0 saturated carbocycles. The zero-order chi connectivity index (χ0) is 16.1. The van der Waals surface area contributed by atoms with Gasteiger partial charge in [-0.15, -0.1) is 0 Å². The molecule has 2 rings (SSSR count). The van der Waals surface area contributed by atoms with Crippen molar-refractivity contribution in [1.29, 1.82) is 0 Å². The van der Waals surface area contributed by atoms with E-state index in [0.717, 1.165) is 13.1 Å². The molecule has 0 aromatic heterocycles. The van der Waals surface area contributed by atoms with Crippen molar-refractivity contribution >= 4 is 11.4 Å². The number of likely N-dealkylation sites (N-methyl/N-ethyl adjacent to an activating group) is 1. The monoisotopic (exact) mass is 309 g/mol. The highest BCUT2D eigenvalue weighted by Crippen LogP contribution is 2.30. The zero-order valence-corrected chi connectivity index (χ0v) is 13.1. The van der Waals surface area contributed by atoms with Gasteiger partial charge in [-0.05, 0) is 13.0 Å². The van der Waals surface area contributed by atoms with E-state index >= 15 is 0 Å². The van der Waals surface area contributed by atoms with Crippen LogP contribution in [0.2, 0.25) is 0 Å². The topological polar surface area (TPSA) is 79.1 Å². The highest BCUT2D eigenvalue weighted by Gasteiger charge is 2.22. The minimum absolute atomic E-state index is 0.101. The van der Waals surface area contributed by atoms with Crippen LogP contribution in [0.5, 0.6) is 0 Å². The second kappa shape index (κ2) is 7.53. The normalized spacial score (nSPS) is 17.2. The number of para-hydroxylation sites is 1. The van der Waals surface area contributed by atoms with Crippen molar-refractivity contribution in [3.05, 3.63) is 33.9 Å². The van der Waals surface area contributed by atoms with E-state index in [1.54, 1.807) is 37.1 Å². The van der Waals surface area contributed by atoms with Crippen LogP contribution >= 0.6 is 0 Å². The van der Waals surface area contributed by atoms with Crippen LogP contribution in [0.15, 0.2) is 18.2 Å². The largest absolute Gasteiger partial charge is 0.390 e. The molecule has 0 radical (unpaired) electrons. The van der Waals surface area contributed by atoms with E-state index in [-0.39, 0.29) is 10.6 Å². The van der Waals surface area contributed by atoms with Crippen LogP contribution in [0.3, 0.4) is 0 Å². The number of ether oxygens (including phenoxy) is 1. The van der Waals surface area contributed by atoms with Crippen LogP contribution in [-0.2, 0) is 4.74 Å². The third kappa shape index (κ3) is 4.16. The molecule has 1 aromatic rings. The first-order valence-electron chi connectivity index (χ1n) is 7.42. The molecule has 0 aliphatic carbocycles. The quantitative estimate of drug-likeness (QED) is 0.624. The van der Waals surface area contributed by atoms with Gasteiger partial charge in [-0.1, -0.05) is 12.1 Å². The summed E-state index contributed by atoms with van der Waals surface area (Å²) in [4.78, 5) is 14.8. The van der Waals surface area contributed by atoms with Gasteiger partial charge >= 0.3 is 0 Å². The summed E-state index contributed by atoms with van der Waals surface area (Å²) in [5.41, 5.74) is 1.26. The number of aliphatic hydroxyl groups is 1. The molecule has 0 bridgehead atoms. The number of nitro benzene ring substituents is 1. The third-order valence-electron chi connectivity index (χ3n) is 3.87. The Morgan fingerprint density at radius 1 is 1.45 bits per heavy atom. The van der Waals surface area contributed by atoms with E-state index < -0.39 is 6.10 Å². The van der Waals surface area contributed by atoms with E-state index in [0.29, 0.717) is 37.6 Å². The molecule has 1 aliphatic heterocycles. The molecule has 1 aromatic carbocycles. The van der Waals surface area contributed by atoms with Crippen molar-refractivity contribution < 1.29 is 14.8 Å². The Labute approximate surface area is 130 Å². The van der Waals surface area contributed by atoms with Gasteiger partial charge in [0.25, 0.3) is 5.69 Å². The van der Waals surface area contributed by atoms with Crippen LogP contribution in [0.4, 0.5) is 11.4 Å². The molecule has 22 heavy (non-hydrogen) atoms. The Morgan fingerprint density at radius 3 is 2.77 bits per heavy atom. The summed E-state index contributed by atoms with van der Waals surface area (Å²) >= 11 is 0. The minimum atomic E-state index is -0.566. The van der Waals surface area contributed by atoms with Crippen LogP contribution < -0.4 is 4.90 Å². The fourth-order valence-corrected chi connectivity index (χ4v) is 2.74. The maximum atomic E-state index is 11.2. The second-order valence-corrected chi connectivity index (χ2v) is 5.65. The predicted molar refractivity (Wildman–Crippen MR) is 84.4 cm³/mol. The van der Waals surface area contributed by atoms with E-state index in [1.807, 2.05) is 0 Å². The highest BCUT2D eigenvalue weighted by atomic mass is 16.6. The van der Waals surface area contributed by atoms with Gasteiger partial charge in [0.2, 0.25) is 0 Å². The Hall–Kier alpha value is -1.70. The molecule has 122 valence electrons. The average molecular weight is 309 g/mol. The number of anilines is 1. The third-order valence-corrected chi connectivity index (χ3v) is 3.87. The molecule has 1 saturated heterocycles. The lowest BCUT2D eigenvalue weighted by Gasteiger charge is -2.30. The van der Waals surface area contributed by atoms with Gasteiger partial charge in [0, 0.05) is 38.8 Å². The summed E-state index contributed by atoms with van der Waals surface area (Å²) < 4.78 is 5.28. The number of morpholine rings is 1. The highest BCUT2D eigenvalue weighted by molar-refractivity contribution is 5.66. The van der Waals surface area contributed by atoms with E-state index in [2.05, 4.69) is 4.90 Å². The number of hydrogen-bond donors (Lipinski definition) is 1. The van der Waals surface area contributed by atoms with E-state index in [4.69, 9.17) is 4.74 Å². The van der Waals surface area contributed by atoms with Crippen molar-refractivity contribution in [3.8, 4) is 0 Å². The fourth-order valence-electron chi connectivity index (χ4n) is 2.74. The van der Waals surface area contributed by atoms with Crippen molar-refractivity contribution in [1.82, 2.24) is 4.90 Å². The van der Waals surface area contributed by atoms with Crippen molar-refractivity contribution in [2.75, 3.05) is 51.3 Å². The fraction of sp³-hybridized carbons (Fsp3) is 0.600. The van der Waals surface area contributed by atoms with Gasteiger partial charge < -0.3 is 14.7 Å². The molecule has 7 heteroatoms. The van der Waals surface area contributed by atoms with Crippen LogP contribution in [-0.4, -0.2) is 67.5 Å². The summed E-state index contributed by atoms with van der Waals surface area (Å²) in [5, 5.41) is 21.5. The maximum absolute atomic E-state index is 11.2. The molecule has 1 unspecified atom stereocenters. The summed E-state index contributed by atoms with van der Waals surface area (Å²) in [7, 11) is 1.77. The molecule has 0 spiro atoms. The van der Waals surface area contributed by atoms with Crippen LogP contribution in [0, 0.1) is 17.0 Å². The number of benzene rings is 1. The molecule has 1 aliphatic rings. The molecule has 1 fully saturated rings. The molecular formula is C15H23N3O4. The Balaban J connectivity index is 2.00. The smallest absolute Gasteiger partial charge is 0.295 e. The van der Waals surface area contributed by atoms with Crippen molar-refractivity contribution in [2.45, 2.75) is 13.0 Å². The number of aryl methyl sites for hydroxylation is 1. The first-order valence-corrected chi connectivity index (χ1v) is 7.42. The zero-order valence-electron chi connectivity index (χ0n) is 13.1. The standard InChI is InChI=1S/C15H23N3O4/c1-12-4-3-5-14(15(12)18(20)21)16(2)10-13(19)11-17-6-8-22-9-7-17/h3-5,13,19H,6-11H2,1-2H3. The number of nitro groups is 1. The van der Waals surface area contributed by atoms with Gasteiger partial charge in [-0.25, -0.2) is 0 Å². The summed E-state index contributed by atoms with van der Waals surface area (Å²) in [5.74, 6) is 0. The minimum Gasteiger partial charge on any atom is -0.390 e. The summed E-state index contributed by atoms with van der Waals surface area (Å²) in [6.07, 6.45) is -0.566. The number of aliphatic hydroxyl groups excluding tert-OH is 1. The Morgan fingerprint density at radius 2 is 2.14 bits per heavy atom. The molecule has 0 amide bonds. The van der Waals surface area contributed by atoms with Gasteiger partial charge in [0.1, 0.15) is 5.69 Å². The van der Waals surface area contributed by atoms with Gasteiger partial charge in [0.05, 0.1) is 24.2 Å². The van der Waals surface area contributed by atoms with Gasteiger partial charge in [-0.2, -0.15) is 0 Å². The average Bonchev–Trinajstić information content (AvgIpc) is 2.47. The molecular weight excluding hydrogens is 286 g/mol. The molecule has 1 atom stereocenters. The molecule has 1 N–H and O–H groups in total. The summed E-state index contributed by atoms with van der Waals surface area (Å²) in [6, 6.07) is 5.23. The van der Waals surface area contributed by atoms with Crippen molar-refractivity contribution in [3.63, 3.8) is 0 Å². The Kier molecular flexibility index (Phi) is 5.70. The first-order chi connectivity index (χ1) is 10.5. The van der Waals surface area contributed by atoms with Crippen molar-refractivity contribution in [2.24, 2.45) is 0 Å². The SMILES string of the molecule is Cc1cccc(N(C)CC(O)CN2CCOCC2)c1[N+](=O)[O-]. The second-order valence-electron chi connectivity index (χ2n) is 5.65. The summed E-state index contributed by atoms with van der Waals surface area (Å²) in [6.45, 7) is 5.61.